The molecule has 0 saturated carbocycles. The molecule has 0 amide bonds. The quantitative estimate of drug-likeness (QED) is 0.176. The van der Waals surface area contributed by atoms with E-state index in [1.165, 1.54) is 64.2 Å². The Balaban J connectivity index is 2.39. The normalized spacial score (nSPS) is 12.2. The first-order valence-electron chi connectivity index (χ1n) is 13.1. The molecule has 1 aromatic carbocycles. The highest BCUT2D eigenvalue weighted by Gasteiger charge is 2.27. The molecule has 0 radical (unpaired) electrons. The third-order valence-electron chi connectivity index (χ3n) is 6.17. The standard InChI is InChI=1S/C29H50O3/c1-8-9-10-11-12-13-14-15-16-17-18-19-20-26(30)32-23-21-24(28(2,3)4)27(31)25(22-23)29(5,6)7/h21-22,31H,8-20H2,1-7H3. The van der Waals surface area contributed by atoms with Gasteiger partial charge < -0.3 is 9.84 Å². The molecule has 0 atom stereocenters. The Morgan fingerprint density at radius 3 is 1.47 bits per heavy atom. The largest absolute Gasteiger partial charge is 0.507 e. The zero-order valence-electron chi connectivity index (χ0n) is 22.1. The smallest absolute Gasteiger partial charge is 0.311 e. The molecule has 0 aliphatic heterocycles. The molecule has 32 heavy (non-hydrogen) atoms. The van der Waals surface area contributed by atoms with Crippen molar-refractivity contribution < 1.29 is 14.6 Å². The Morgan fingerprint density at radius 1 is 0.719 bits per heavy atom. The fraction of sp³-hybridized carbons (Fsp3) is 0.759. The number of ether oxygens (including phenoxy) is 1. The molecule has 0 heterocycles. The molecule has 0 aromatic heterocycles. The molecule has 1 rings (SSSR count). The first-order valence-corrected chi connectivity index (χ1v) is 13.1. The van der Waals surface area contributed by atoms with E-state index in [-0.39, 0.29) is 16.8 Å². The van der Waals surface area contributed by atoms with E-state index in [2.05, 4.69) is 48.5 Å². The van der Waals surface area contributed by atoms with Crippen LogP contribution in [0.3, 0.4) is 0 Å². The second-order valence-electron chi connectivity index (χ2n) is 11.5. The van der Waals surface area contributed by atoms with Crippen LogP contribution in [0.4, 0.5) is 0 Å². The summed E-state index contributed by atoms with van der Waals surface area (Å²) in [7, 11) is 0. The lowest BCUT2D eigenvalue weighted by Crippen LogP contribution is -2.18. The lowest BCUT2D eigenvalue weighted by molar-refractivity contribution is -0.134. The van der Waals surface area contributed by atoms with Gasteiger partial charge in [-0.3, -0.25) is 4.79 Å². The van der Waals surface area contributed by atoms with Gasteiger partial charge in [-0.2, -0.15) is 0 Å². The Hall–Kier alpha value is -1.51. The van der Waals surface area contributed by atoms with Crippen molar-refractivity contribution in [3.05, 3.63) is 23.3 Å². The Morgan fingerprint density at radius 2 is 1.09 bits per heavy atom. The minimum Gasteiger partial charge on any atom is -0.507 e. The van der Waals surface area contributed by atoms with Crippen LogP contribution in [0.2, 0.25) is 0 Å². The van der Waals surface area contributed by atoms with E-state index in [1.54, 1.807) is 0 Å². The molecule has 0 bridgehead atoms. The fourth-order valence-electron chi connectivity index (χ4n) is 4.10. The average molecular weight is 447 g/mol. The Bertz CT molecular complexity index is 642. The van der Waals surface area contributed by atoms with Crippen molar-refractivity contribution in [1.82, 2.24) is 0 Å². The topological polar surface area (TPSA) is 46.5 Å². The number of hydrogen-bond donors (Lipinski definition) is 1. The highest BCUT2D eigenvalue weighted by molar-refractivity contribution is 5.72. The molecule has 0 aliphatic rings. The summed E-state index contributed by atoms with van der Waals surface area (Å²) >= 11 is 0. The van der Waals surface area contributed by atoms with Gasteiger partial charge in [0.2, 0.25) is 0 Å². The Kier molecular flexibility index (Phi) is 12.4. The van der Waals surface area contributed by atoms with Crippen LogP contribution in [0.5, 0.6) is 11.5 Å². The number of aromatic hydroxyl groups is 1. The van der Waals surface area contributed by atoms with Crippen LogP contribution in [-0.2, 0) is 15.6 Å². The average Bonchev–Trinajstić information content (AvgIpc) is 2.68. The van der Waals surface area contributed by atoms with Crippen molar-refractivity contribution in [3.63, 3.8) is 0 Å². The zero-order chi connectivity index (χ0) is 24.2. The first kappa shape index (κ1) is 28.5. The van der Waals surface area contributed by atoms with Crippen molar-refractivity contribution in [3.8, 4) is 11.5 Å². The molecule has 0 saturated heterocycles. The maximum absolute atomic E-state index is 12.4. The molecule has 184 valence electrons. The van der Waals surface area contributed by atoms with Crippen LogP contribution in [0.15, 0.2) is 12.1 Å². The van der Waals surface area contributed by atoms with Gasteiger partial charge in [0.25, 0.3) is 0 Å². The number of benzene rings is 1. The predicted molar refractivity (Wildman–Crippen MR) is 137 cm³/mol. The van der Waals surface area contributed by atoms with Crippen LogP contribution in [0.1, 0.15) is 143 Å². The zero-order valence-corrected chi connectivity index (χ0v) is 22.1. The summed E-state index contributed by atoms with van der Waals surface area (Å²) < 4.78 is 5.69. The molecule has 3 heteroatoms. The number of carbonyl (C=O) groups excluding carboxylic acids is 1. The summed E-state index contributed by atoms with van der Waals surface area (Å²) in [6.45, 7) is 14.6. The van der Waals surface area contributed by atoms with Crippen molar-refractivity contribution in [2.75, 3.05) is 0 Å². The highest BCUT2D eigenvalue weighted by atomic mass is 16.5. The molecule has 0 aliphatic carbocycles. The molecule has 3 nitrogen and oxygen atoms in total. The van der Waals surface area contributed by atoms with Gasteiger partial charge in [-0.1, -0.05) is 119 Å². The van der Waals surface area contributed by atoms with Crippen LogP contribution in [-0.4, -0.2) is 11.1 Å². The number of rotatable bonds is 14. The number of hydrogen-bond acceptors (Lipinski definition) is 3. The maximum atomic E-state index is 12.4. The van der Waals surface area contributed by atoms with E-state index in [1.807, 2.05) is 12.1 Å². The molecule has 0 spiro atoms. The number of phenols is 1. The third kappa shape index (κ3) is 10.9. The first-order chi connectivity index (χ1) is 15.0. The summed E-state index contributed by atoms with van der Waals surface area (Å²) in [4.78, 5) is 12.4. The summed E-state index contributed by atoms with van der Waals surface area (Å²) in [5.74, 6) is 0.676. The van der Waals surface area contributed by atoms with Crippen LogP contribution in [0, 0.1) is 0 Å². The van der Waals surface area contributed by atoms with Gasteiger partial charge in [0.05, 0.1) is 0 Å². The fourth-order valence-corrected chi connectivity index (χ4v) is 4.10. The van der Waals surface area contributed by atoms with E-state index in [0.717, 1.165) is 24.0 Å². The summed E-state index contributed by atoms with van der Waals surface area (Å²) in [5.41, 5.74) is 1.17. The minimum atomic E-state index is -0.234. The van der Waals surface area contributed by atoms with E-state index < -0.39 is 0 Å². The van der Waals surface area contributed by atoms with E-state index in [9.17, 15) is 9.90 Å². The van der Waals surface area contributed by atoms with Crippen molar-refractivity contribution in [1.29, 1.82) is 0 Å². The van der Waals surface area contributed by atoms with E-state index >= 15 is 0 Å². The van der Waals surface area contributed by atoms with Crippen LogP contribution < -0.4 is 4.74 Å². The van der Waals surface area contributed by atoms with E-state index in [0.29, 0.717) is 17.9 Å². The number of esters is 1. The van der Waals surface area contributed by atoms with Gasteiger partial charge in [-0.05, 0) is 29.4 Å². The van der Waals surface area contributed by atoms with Crippen LogP contribution in [0.25, 0.3) is 0 Å². The van der Waals surface area contributed by atoms with Gasteiger partial charge in [-0.25, -0.2) is 0 Å². The van der Waals surface area contributed by atoms with Crippen molar-refractivity contribution in [2.45, 2.75) is 143 Å². The number of unbranched alkanes of at least 4 members (excludes halogenated alkanes) is 11. The number of carbonyl (C=O) groups is 1. The maximum Gasteiger partial charge on any atom is 0.311 e. The number of phenolic OH excluding ortho intramolecular Hbond substituents is 1. The molecule has 1 aromatic rings. The second kappa shape index (κ2) is 13.9. The summed E-state index contributed by atoms with van der Waals surface area (Å²) in [5, 5.41) is 10.8. The van der Waals surface area contributed by atoms with Crippen molar-refractivity contribution >= 4 is 5.97 Å². The second-order valence-corrected chi connectivity index (χ2v) is 11.5. The Labute approximate surface area is 198 Å². The third-order valence-corrected chi connectivity index (χ3v) is 6.17. The predicted octanol–water partition coefficient (Wildman–Crippen LogP) is 8.98. The monoisotopic (exact) mass is 446 g/mol. The molecule has 0 unspecified atom stereocenters. The van der Waals surface area contributed by atoms with Gasteiger partial charge in [0.15, 0.2) is 0 Å². The highest BCUT2D eigenvalue weighted by Crippen LogP contribution is 2.41. The van der Waals surface area contributed by atoms with Crippen molar-refractivity contribution in [2.24, 2.45) is 0 Å². The summed E-state index contributed by atoms with van der Waals surface area (Å²) in [6, 6.07) is 3.65. The summed E-state index contributed by atoms with van der Waals surface area (Å²) in [6.07, 6.45) is 15.8. The van der Waals surface area contributed by atoms with Gasteiger partial charge in [-0.15, -0.1) is 0 Å². The molecular weight excluding hydrogens is 396 g/mol. The van der Waals surface area contributed by atoms with Gasteiger partial charge in [0, 0.05) is 17.5 Å². The van der Waals surface area contributed by atoms with Gasteiger partial charge >= 0.3 is 5.97 Å². The molecule has 1 N–H and O–H groups in total. The lowest BCUT2D eigenvalue weighted by atomic mass is 9.79. The van der Waals surface area contributed by atoms with Crippen LogP contribution >= 0.6 is 0 Å². The molecule has 0 fully saturated rings. The minimum absolute atomic E-state index is 0.178. The van der Waals surface area contributed by atoms with Gasteiger partial charge in [0.1, 0.15) is 11.5 Å². The SMILES string of the molecule is CCCCCCCCCCCCCCC(=O)Oc1cc(C(C)(C)C)c(O)c(C(C)(C)C)c1. The lowest BCUT2D eigenvalue weighted by Gasteiger charge is -2.27. The molecular formula is C29H50O3. The van der Waals surface area contributed by atoms with E-state index in [4.69, 9.17) is 4.74 Å².